The van der Waals surface area contributed by atoms with Crippen molar-refractivity contribution < 1.29 is 22.4 Å². The molecule has 1 aliphatic rings. The van der Waals surface area contributed by atoms with Crippen molar-refractivity contribution >= 4 is 38.9 Å². The number of nitrogens with zero attached hydrogens (tertiary/aromatic N) is 3. The van der Waals surface area contributed by atoms with Crippen LogP contribution in [0.4, 0.5) is 10.1 Å². The zero-order valence-corrected chi connectivity index (χ0v) is 24.4. The molecule has 4 rings (SSSR count). The minimum atomic E-state index is -4.02. The zero-order valence-electron chi connectivity index (χ0n) is 22.8. The van der Waals surface area contributed by atoms with Gasteiger partial charge in [-0.3, -0.25) is 9.59 Å². The van der Waals surface area contributed by atoms with Gasteiger partial charge in [0.2, 0.25) is 21.8 Å². The summed E-state index contributed by atoms with van der Waals surface area (Å²) in [7, 11) is -4.02. The second kappa shape index (κ2) is 13.5. The third-order valence-corrected chi connectivity index (χ3v) is 9.80. The fourth-order valence-corrected chi connectivity index (χ4v) is 6.94. The molecule has 1 saturated heterocycles. The Hall–Kier alpha value is -3.12. The number of thiophene rings is 1. The molecule has 0 bridgehead atoms. The van der Waals surface area contributed by atoms with Crippen molar-refractivity contribution in [1.82, 2.24) is 14.1 Å². The lowest BCUT2D eigenvalue weighted by molar-refractivity contribution is -0.132. The predicted molar refractivity (Wildman–Crippen MR) is 155 cm³/mol. The van der Waals surface area contributed by atoms with Crippen LogP contribution >= 0.6 is 11.3 Å². The second-order valence-electron chi connectivity index (χ2n) is 10.00. The Bertz CT molecular complexity index is 1400. The number of likely N-dealkylation sites (tertiary alicyclic amines) is 1. The summed E-state index contributed by atoms with van der Waals surface area (Å²) in [4.78, 5) is 30.1. The summed E-state index contributed by atoms with van der Waals surface area (Å²) >= 11 is 1.54. The molecule has 1 aliphatic heterocycles. The molecule has 0 radical (unpaired) electrons. The Labute approximate surface area is 239 Å². The summed E-state index contributed by atoms with van der Waals surface area (Å²) in [5, 5.41) is 4.60. The summed E-state index contributed by atoms with van der Waals surface area (Å²) in [5.74, 6) is -0.952. The summed E-state index contributed by atoms with van der Waals surface area (Å²) in [6.45, 7) is 6.09. The van der Waals surface area contributed by atoms with Crippen LogP contribution in [0.5, 0.6) is 0 Å². The van der Waals surface area contributed by atoms with Gasteiger partial charge in [-0.1, -0.05) is 12.1 Å². The largest absolute Gasteiger partial charge is 0.332 e. The van der Waals surface area contributed by atoms with Gasteiger partial charge in [0.15, 0.2) is 0 Å². The van der Waals surface area contributed by atoms with Gasteiger partial charge in [-0.2, -0.15) is 4.31 Å². The Morgan fingerprint density at radius 1 is 1.00 bits per heavy atom. The normalized spacial score (nSPS) is 14.0. The van der Waals surface area contributed by atoms with Crippen LogP contribution in [0.25, 0.3) is 0 Å². The summed E-state index contributed by atoms with van der Waals surface area (Å²) in [6.07, 6.45) is 2.14. The molecule has 0 spiro atoms. The average molecular weight is 587 g/mol. The fraction of sp³-hybridized carbons (Fsp3) is 0.379. The Morgan fingerprint density at radius 2 is 1.68 bits per heavy atom. The minimum absolute atomic E-state index is 0.0509. The number of aryl methyl sites for hydroxylation is 1. The molecular weight excluding hydrogens is 551 g/mol. The van der Waals surface area contributed by atoms with Gasteiger partial charge < -0.3 is 15.1 Å². The maximum atomic E-state index is 13.8. The van der Waals surface area contributed by atoms with Crippen LogP contribution in [0.2, 0.25) is 0 Å². The van der Waals surface area contributed by atoms with Crippen LogP contribution in [0.15, 0.2) is 64.9 Å². The van der Waals surface area contributed by atoms with E-state index in [0.717, 1.165) is 41.9 Å². The van der Waals surface area contributed by atoms with Crippen LogP contribution in [-0.4, -0.2) is 67.1 Å². The van der Waals surface area contributed by atoms with Crippen LogP contribution in [0, 0.1) is 12.7 Å². The second-order valence-corrected chi connectivity index (χ2v) is 12.9. The van der Waals surface area contributed by atoms with Gasteiger partial charge in [0.1, 0.15) is 5.82 Å². The van der Waals surface area contributed by atoms with Gasteiger partial charge in [-0.25, -0.2) is 12.8 Å². The van der Waals surface area contributed by atoms with Crippen molar-refractivity contribution in [3.63, 3.8) is 0 Å². The molecule has 0 aliphatic carbocycles. The Kier molecular flexibility index (Phi) is 10.1. The van der Waals surface area contributed by atoms with Gasteiger partial charge >= 0.3 is 0 Å². The number of carbonyl (C=O) groups is 2. The molecule has 2 amide bonds. The highest BCUT2D eigenvalue weighted by Gasteiger charge is 2.30. The lowest BCUT2D eigenvalue weighted by Crippen LogP contribution is -2.45. The molecule has 8 nitrogen and oxygen atoms in total. The number of rotatable bonds is 12. The molecule has 0 atom stereocenters. The molecule has 214 valence electrons. The molecule has 2 heterocycles. The van der Waals surface area contributed by atoms with E-state index in [1.165, 1.54) is 59.0 Å². The van der Waals surface area contributed by atoms with E-state index in [1.807, 2.05) is 18.4 Å². The molecule has 2 aromatic carbocycles. The van der Waals surface area contributed by atoms with Crippen molar-refractivity contribution in [2.45, 2.75) is 44.7 Å². The van der Waals surface area contributed by atoms with Crippen molar-refractivity contribution in [1.29, 1.82) is 0 Å². The standard InChI is InChI=1S/C29H35FN4O4S2/c1-22-13-18-39-28(22)20-33(19-24-5-7-25(30)8-6-24)29(36)21-34(17-16-32-14-3-4-15-32)40(37,38)27-11-9-26(10-12-27)31-23(2)35/h5-13,18H,3-4,14-17,19-21H2,1-2H3,(H,31,35). The molecule has 1 N–H and O–H groups in total. The summed E-state index contributed by atoms with van der Waals surface area (Å²) < 4.78 is 42.4. The number of hydrogen-bond donors (Lipinski definition) is 1. The van der Waals surface area contributed by atoms with E-state index in [1.54, 1.807) is 17.0 Å². The van der Waals surface area contributed by atoms with E-state index in [-0.39, 0.29) is 42.2 Å². The van der Waals surface area contributed by atoms with E-state index < -0.39 is 10.0 Å². The number of benzene rings is 2. The molecule has 0 saturated carbocycles. The van der Waals surface area contributed by atoms with Crippen molar-refractivity contribution in [3.05, 3.63) is 81.8 Å². The van der Waals surface area contributed by atoms with Crippen LogP contribution in [-0.2, 0) is 32.7 Å². The smallest absolute Gasteiger partial charge is 0.243 e. The van der Waals surface area contributed by atoms with Crippen molar-refractivity contribution in [2.24, 2.45) is 0 Å². The van der Waals surface area contributed by atoms with E-state index >= 15 is 0 Å². The number of carbonyl (C=O) groups excluding carboxylic acids is 2. The number of nitrogens with one attached hydrogen (secondary N) is 1. The first kappa shape index (κ1) is 29.9. The van der Waals surface area contributed by atoms with E-state index in [0.29, 0.717) is 18.8 Å². The number of hydrogen-bond acceptors (Lipinski definition) is 6. The number of sulfonamides is 1. The average Bonchev–Trinajstić information content (AvgIpc) is 3.59. The number of halogens is 1. The molecule has 3 aromatic rings. The molecule has 11 heteroatoms. The molecule has 1 aromatic heterocycles. The van der Waals surface area contributed by atoms with Crippen LogP contribution < -0.4 is 5.32 Å². The molecular formula is C29H35FN4O4S2. The van der Waals surface area contributed by atoms with E-state index in [2.05, 4.69) is 10.2 Å². The SMILES string of the molecule is CC(=O)Nc1ccc(S(=O)(=O)N(CCN2CCCC2)CC(=O)N(Cc2ccc(F)cc2)Cc2sccc2C)cc1. The molecule has 0 unspecified atom stereocenters. The topological polar surface area (TPSA) is 90.0 Å². The molecule has 1 fully saturated rings. The summed E-state index contributed by atoms with van der Waals surface area (Å²) in [6, 6.07) is 13.9. The first-order valence-electron chi connectivity index (χ1n) is 13.3. The lowest BCUT2D eigenvalue weighted by atomic mass is 10.2. The van der Waals surface area contributed by atoms with Gasteiger partial charge in [0.05, 0.1) is 18.0 Å². The Balaban J connectivity index is 1.59. The van der Waals surface area contributed by atoms with Gasteiger partial charge in [0, 0.05) is 37.1 Å². The van der Waals surface area contributed by atoms with Gasteiger partial charge in [-0.15, -0.1) is 11.3 Å². The number of anilines is 1. The lowest BCUT2D eigenvalue weighted by Gasteiger charge is -2.28. The first-order chi connectivity index (χ1) is 19.1. The fourth-order valence-electron chi connectivity index (χ4n) is 4.64. The summed E-state index contributed by atoms with van der Waals surface area (Å²) in [5.41, 5.74) is 2.30. The quantitative estimate of drug-likeness (QED) is 0.338. The van der Waals surface area contributed by atoms with E-state index in [4.69, 9.17) is 0 Å². The third-order valence-electron chi connectivity index (χ3n) is 6.93. The maximum Gasteiger partial charge on any atom is 0.243 e. The first-order valence-corrected chi connectivity index (χ1v) is 15.6. The minimum Gasteiger partial charge on any atom is -0.332 e. The monoisotopic (exact) mass is 586 g/mol. The zero-order chi connectivity index (χ0) is 28.7. The number of amides is 2. The highest BCUT2D eigenvalue weighted by atomic mass is 32.2. The van der Waals surface area contributed by atoms with Crippen molar-refractivity contribution in [2.75, 3.05) is 38.0 Å². The Morgan fingerprint density at radius 3 is 2.27 bits per heavy atom. The third kappa shape index (κ3) is 7.97. The van der Waals surface area contributed by atoms with Crippen LogP contribution in [0.1, 0.15) is 35.8 Å². The van der Waals surface area contributed by atoms with Crippen LogP contribution in [0.3, 0.4) is 0 Å². The van der Waals surface area contributed by atoms with Crippen molar-refractivity contribution in [3.8, 4) is 0 Å². The highest BCUT2D eigenvalue weighted by Crippen LogP contribution is 2.22. The van der Waals surface area contributed by atoms with Gasteiger partial charge in [-0.05, 0) is 91.8 Å². The van der Waals surface area contributed by atoms with E-state index in [9.17, 15) is 22.4 Å². The maximum absolute atomic E-state index is 13.8. The predicted octanol–water partition coefficient (Wildman–Crippen LogP) is 4.47. The highest BCUT2D eigenvalue weighted by molar-refractivity contribution is 7.89. The molecule has 40 heavy (non-hydrogen) atoms. The van der Waals surface area contributed by atoms with Gasteiger partial charge in [0.25, 0.3) is 0 Å².